The van der Waals surface area contributed by atoms with Gasteiger partial charge in [0.05, 0.1) is 30.6 Å². The van der Waals surface area contributed by atoms with E-state index in [1.807, 2.05) is 42.2 Å². The van der Waals surface area contributed by atoms with Gasteiger partial charge in [0.1, 0.15) is 6.10 Å². The summed E-state index contributed by atoms with van der Waals surface area (Å²) < 4.78 is 37.4. The molecule has 2 aliphatic heterocycles. The van der Waals surface area contributed by atoms with Gasteiger partial charge in [-0.2, -0.15) is 0 Å². The Bertz CT molecular complexity index is 1280. The van der Waals surface area contributed by atoms with E-state index in [4.69, 9.17) is 9.47 Å². The van der Waals surface area contributed by atoms with Crippen LogP contribution in [-0.2, 0) is 30.7 Å². The lowest BCUT2D eigenvalue weighted by Crippen LogP contribution is -2.50. The summed E-state index contributed by atoms with van der Waals surface area (Å²) in [7, 11) is -2.13. The number of sulfonamides is 1. The van der Waals surface area contributed by atoms with E-state index in [2.05, 4.69) is 21.9 Å². The van der Waals surface area contributed by atoms with Crippen LogP contribution >= 0.6 is 0 Å². The smallest absolute Gasteiger partial charge is 0.407 e. The molecule has 2 aliphatic rings. The van der Waals surface area contributed by atoms with E-state index < -0.39 is 10.0 Å². The largest absolute Gasteiger partial charge is 0.446 e. The van der Waals surface area contributed by atoms with Gasteiger partial charge < -0.3 is 24.6 Å². The van der Waals surface area contributed by atoms with Gasteiger partial charge in [0, 0.05) is 44.6 Å². The highest BCUT2D eigenvalue weighted by molar-refractivity contribution is 7.89. The fourth-order valence-corrected chi connectivity index (χ4v) is 6.76. The summed E-state index contributed by atoms with van der Waals surface area (Å²) in [5.74, 6) is 0.0506. The number of piperidine rings is 1. The molecule has 11 heteroatoms. The van der Waals surface area contributed by atoms with E-state index in [1.54, 1.807) is 12.1 Å². The normalized spacial score (nSPS) is 18.5. The third-order valence-electron chi connectivity index (χ3n) is 8.59. The van der Waals surface area contributed by atoms with Crippen LogP contribution in [0.3, 0.4) is 0 Å². The number of hydrogen-bond donors (Lipinski definition) is 2. The maximum absolute atomic E-state index is 13.3. The predicted octanol–water partition coefficient (Wildman–Crippen LogP) is 3.88. The van der Waals surface area contributed by atoms with E-state index in [9.17, 15) is 18.0 Å². The first-order chi connectivity index (χ1) is 20.7. The minimum absolute atomic E-state index is 0.0506. The van der Waals surface area contributed by atoms with Crippen molar-refractivity contribution in [3.63, 3.8) is 0 Å². The van der Waals surface area contributed by atoms with Gasteiger partial charge in [0.25, 0.3) is 0 Å². The van der Waals surface area contributed by atoms with E-state index >= 15 is 0 Å². The van der Waals surface area contributed by atoms with Crippen molar-refractivity contribution in [2.24, 2.45) is 0 Å². The second-order valence-corrected chi connectivity index (χ2v) is 13.3. The van der Waals surface area contributed by atoms with Crippen molar-refractivity contribution < 1.29 is 27.5 Å². The van der Waals surface area contributed by atoms with Crippen molar-refractivity contribution in [1.82, 2.24) is 19.8 Å². The van der Waals surface area contributed by atoms with Crippen LogP contribution in [0.4, 0.5) is 4.79 Å². The Morgan fingerprint density at radius 2 is 1.67 bits per heavy atom. The molecule has 0 bridgehead atoms. The van der Waals surface area contributed by atoms with Gasteiger partial charge >= 0.3 is 6.09 Å². The molecule has 2 heterocycles. The van der Waals surface area contributed by atoms with E-state index in [0.29, 0.717) is 19.8 Å². The number of likely N-dealkylation sites (N-methyl/N-ethyl adjacent to an activating group) is 1. The minimum atomic E-state index is -3.51. The zero-order valence-electron chi connectivity index (χ0n) is 25.5. The van der Waals surface area contributed by atoms with Crippen LogP contribution in [0.25, 0.3) is 0 Å². The molecule has 0 aliphatic carbocycles. The highest BCUT2D eigenvalue weighted by Crippen LogP contribution is 2.26. The summed E-state index contributed by atoms with van der Waals surface area (Å²) in [6.45, 7) is 7.78. The Kier molecular flexibility index (Phi) is 12.0. The Labute approximate surface area is 256 Å². The molecule has 0 saturated carbocycles. The monoisotopic (exact) mass is 614 g/mol. The molecule has 0 aromatic heterocycles. The Morgan fingerprint density at radius 1 is 1.02 bits per heavy atom. The molecule has 0 radical (unpaired) electrons. The van der Waals surface area contributed by atoms with Crippen LogP contribution in [0.2, 0.25) is 0 Å². The first-order valence-corrected chi connectivity index (χ1v) is 16.8. The first kappa shape index (κ1) is 32.9. The number of amides is 2. The second-order valence-electron chi connectivity index (χ2n) is 11.4. The summed E-state index contributed by atoms with van der Waals surface area (Å²) in [4.78, 5) is 30.7. The van der Waals surface area contributed by atoms with Gasteiger partial charge in [-0.15, -0.1) is 0 Å². The predicted molar refractivity (Wildman–Crippen MR) is 165 cm³/mol. The number of nitrogens with one attached hydrogen (secondary N) is 2. The molecule has 2 aromatic carbocycles. The lowest BCUT2D eigenvalue weighted by molar-refractivity contribution is -0.133. The number of alkyl carbamates (subject to hydrolysis) is 1. The quantitative estimate of drug-likeness (QED) is 0.373. The van der Waals surface area contributed by atoms with Gasteiger partial charge in [0.15, 0.2) is 0 Å². The molecule has 236 valence electrons. The molecule has 0 spiro atoms. The maximum Gasteiger partial charge on any atom is 0.407 e. The molecule has 4 rings (SSSR count). The fourth-order valence-electron chi connectivity index (χ4n) is 6.03. The zero-order valence-corrected chi connectivity index (χ0v) is 26.4. The first-order valence-electron chi connectivity index (χ1n) is 15.4. The molecule has 2 fully saturated rings. The molecular formula is C32H46N4O6S. The SMILES string of the molecule is CCN(C(=O)Cc1ccc(S(=O)(=O)NC)cc1)C1CCN(C(C)CC(NC(=O)OC2CCOCC2)c2ccccc2)CC1. The average Bonchev–Trinajstić information content (AvgIpc) is 3.02. The topological polar surface area (TPSA) is 117 Å². The number of nitrogens with zero attached hydrogens (tertiary/aromatic N) is 2. The molecule has 2 unspecified atom stereocenters. The molecule has 2 atom stereocenters. The second kappa shape index (κ2) is 15.7. The summed E-state index contributed by atoms with van der Waals surface area (Å²) in [6, 6.07) is 16.7. The lowest BCUT2D eigenvalue weighted by Gasteiger charge is -2.41. The van der Waals surface area contributed by atoms with Crippen molar-refractivity contribution in [3.8, 4) is 0 Å². The Balaban J connectivity index is 1.31. The number of likely N-dealkylation sites (tertiary alicyclic amines) is 1. The van der Waals surface area contributed by atoms with Crippen molar-refractivity contribution in [1.29, 1.82) is 0 Å². The lowest BCUT2D eigenvalue weighted by atomic mass is 9.96. The van der Waals surface area contributed by atoms with Crippen LogP contribution in [0.15, 0.2) is 59.5 Å². The summed E-state index contributed by atoms with van der Waals surface area (Å²) in [6.07, 6.45) is 3.67. The number of carbonyl (C=O) groups excluding carboxylic acids is 2. The van der Waals surface area contributed by atoms with Gasteiger partial charge in [-0.25, -0.2) is 17.9 Å². The van der Waals surface area contributed by atoms with Gasteiger partial charge in [-0.1, -0.05) is 42.5 Å². The molecular weight excluding hydrogens is 568 g/mol. The molecule has 2 N–H and O–H groups in total. The van der Waals surface area contributed by atoms with Crippen LogP contribution in [0.1, 0.15) is 63.1 Å². The number of hydrogen-bond acceptors (Lipinski definition) is 7. The number of ether oxygens (including phenoxy) is 2. The standard InChI is InChI=1S/C32H46N4O6S/c1-4-36(31(37)23-25-10-12-29(13-11-25)43(39,40)33-3)27-14-18-35(19-15-27)24(2)22-30(26-8-6-5-7-9-26)34-32(38)42-28-16-20-41-21-17-28/h5-13,24,27-28,30,33H,4,14-23H2,1-3H3,(H,34,38). The van der Waals surface area contributed by atoms with Crippen LogP contribution in [0, 0.1) is 0 Å². The highest BCUT2D eigenvalue weighted by Gasteiger charge is 2.30. The fraction of sp³-hybridized carbons (Fsp3) is 0.562. The molecule has 43 heavy (non-hydrogen) atoms. The van der Waals surface area contributed by atoms with Crippen LogP contribution in [0.5, 0.6) is 0 Å². The zero-order chi connectivity index (χ0) is 30.8. The van der Waals surface area contributed by atoms with E-state index in [1.165, 1.54) is 19.2 Å². The number of carbonyl (C=O) groups is 2. The van der Waals surface area contributed by atoms with Crippen molar-refractivity contribution >= 4 is 22.0 Å². The number of rotatable bonds is 12. The third kappa shape index (κ3) is 9.25. The molecule has 10 nitrogen and oxygen atoms in total. The van der Waals surface area contributed by atoms with Crippen LogP contribution < -0.4 is 10.0 Å². The Morgan fingerprint density at radius 3 is 2.28 bits per heavy atom. The molecule has 2 aromatic rings. The van der Waals surface area contributed by atoms with Gasteiger partial charge in [-0.3, -0.25) is 4.79 Å². The number of benzene rings is 2. The summed E-state index contributed by atoms with van der Waals surface area (Å²) in [5, 5.41) is 3.12. The van der Waals surface area contributed by atoms with Crippen LogP contribution in [-0.4, -0.2) is 88.3 Å². The highest BCUT2D eigenvalue weighted by atomic mass is 32.2. The van der Waals surface area contributed by atoms with E-state index in [-0.39, 0.29) is 47.5 Å². The van der Waals surface area contributed by atoms with Crippen molar-refractivity contribution in [2.45, 2.75) is 81.5 Å². The molecule has 2 amide bonds. The van der Waals surface area contributed by atoms with Gasteiger partial charge in [-0.05, 0) is 63.4 Å². The van der Waals surface area contributed by atoms with E-state index in [0.717, 1.165) is 56.3 Å². The van der Waals surface area contributed by atoms with Crippen molar-refractivity contribution in [2.75, 3.05) is 39.9 Å². The van der Waals surface area contributed by atoms with Gasteiger partial charge in [0.2, 0.25) is 15.9 Å². The molecule has 2 saturated heterocycles. The third-order valence-corrected chi connectivity index (χ3v) is 10.0. The minimum Gasteiger partial charge on any atom is -0.446 e. The Hall–Kier alpha value is -2.99. The summed E-state index contributed by atoms with van der Waals surface area (Å²) >= 11 is 0. The maximum atomic E-state index is 13.3. The summed E-state index contributed by atoms with van der Waals surface area (Å²) in [5.41, 5.74) is 1.84. The average molecular weight is 615 g/mol. The van der Waals surface area contributed by atoms with Crippen molar-refractivity contribution in [3.05, 3.63) is 65.7 Å².